The Labute approximate surface area is 95.5 Å². The number of rotatable bonds is 3. The monoisotopic (exact) mass is 240 g/mol. The van der Waals surface area contributed by atoms with Gasteiger partial charge in [-0.15, -0.1) is 0 Å². The third kappa shape index (κ3) is 2.11. The van der Waals surface area contributed by atoms with Crippen molar-refractivity contribution in [3.05, 3.63) is 35.8 Å². The van der Waals surface area contributed by atoms with Crippen LogP contribution in [0.25, 0.3) is 5.65 Å². The standard InChI is InChI=1S/C11H10F2N2O2/c1-6(11(16)17)8-5-15-4-7(10(12)13)2-3-9(15)14-8/h2-6,10H,1H3,(H,16,17). The summed E-state index contributed by atoms with van der Waals surface area (Å²) in [6.45, 7) is 1.50. The number of imidazole rings is 1. The molecule has 0 bridgehead atoms. The van der Waals surface area contributed by atoms with Crippen molar-refractivity contribution in [3.8, 4) is 0 Å². The van der Waals surface area contributed by atoms with E-state index in [2.05, 4.69) is 4.98 Å². The van der Waals surface area contributed by atoms with E-state index in [4.69, 9.17) is 5.11 Å². The van der Waals surface area contributed by atoms with Crippen molar-refractivity contribution in [1.82, 2.24) is 9.38 Å². The lowest BCUT2D eigenvalue weighted by atomic mass is 10.1. The summed E-state index contributed by atoms with van der Waals surface area (Å²) in [7, 11) is 0. The summed E-state index contributed by atoms with van der Waals surface area (Å²) in [5, 5.41) is 8.83. The molecule has 6 heteroatoms. The SMILES string of the molecule is CC(C(=O)O)c1cn2cc(C(F)F)ccc2n1. The topological polar surface area (TPSA) is 54.6 Å². The summed E-state index contributed by atoms with van der Waals surface area (Å²) < 4.78 is 26.3. The molecule has 0 radical (unpaired) electrons. The number of halogens is 2. The van der Waals surface area contributed by atoms with Gasteiger partial charge in [-0.2, -0.15) is 0 Å². The van der Waals surface area contributed by atoms with Gasteiger partial charge in [-0.3, -0.25) is 4.79 Å². The number of pyridine rings is 1. The van der Waals surface area contributed by atoms with Crippen molar-refractivity contribution >= 4 is 11.6 Å². The molecule has 17 heavy (non-hydrogen) atoms. The van der Waals surface area contributed by atoms with E-state index in [0.717, 1.165) is 0 Å². The molecule has 1 unspecified atom stereocenters. The predicted molar refractivity (Wildman–Crippen MR) is 56.2 cm³/mol. The van der Waals surface area contributed by atoms with Gasteiger partial charge in [0.15, 0.2) is 0 Å². The van der Waals surface area contributed by atoms with Crippen LogP contribution in [0.1, 0.15) is 30.5 Å². The lowest BCUT2D eigenvalue weighted by Crippen LogP contribution is -2.07. The molecule has 0 spiro atoms. The second kappa shape index (κ2) is 4.12. The van der Waals surface area contributed by atoms with Crippen molar-refractivity contribution in [2.75, 3.05) is 0 Å². The maximum atomic E-state index is 12.5. The first-order chi connectivity index (χ1) is 7.99. The number of nitrogens with zero attached hydrogens (tertiary/aromatic N) is 2. The van der Waals surface area contributed by atoms with Crippen LogP contribution in [0.15, 0.2) is 24.5 Å². The first-order valence-corrected chi connectivity index (χ1v) is 4.98. The first kappa shape index (κ1) is 11.5. The van der Waals surface area contributed by atoms with E-state index in [1.54, 1.807) is 0 Å². The average molecular weight is 240 g/mol. The first-order valence-electron chi connectivity index (χ1n) is 4.98. The van der Waals surface area contributed by atoms with Gasteiger partial charge in [-0.25, -0.2) is 13.8 Å². The van der Waals surface area contributed by atoms with Crippen LogP contribution in [-0.4, -0.2) is 20.5 Å². The van der Waals surface area contributed by atoms with Crippen molar-refractivity contribution in [2.45, 2.75) is 19.3 Å². The molecule has 0 saturated heterocycles. The Morgan fingerprint density at radius 2 is 2.12 bits per heavy atom. The van der Waals surface area contributed by atoms with Crippen LogP contribution < -0.4 is 0 Å². The molecular weight excluding hydrogens is 230 g/mol. The number of alkyl halides is 2. The minimum Gasteiger partial charge on any atom is -0.481 e. The molecule has 2 rings (SSSR count). The number of carbonyl (C=O) groups is 1. The molecule has 2 aromatic heterocycles. The number of carboxylic acids is 1. The summed E-state index contributed by atoms with van der Waals surface area (Å²) in [5.41, 5.74) is 0.686. The Balaban J connectivity index is 2.47. The maximum Gasteiger partial charge on any atom is 0.312 e. The highest BCUT2D eigenvalue weighted by Gasteiger charge is 2.17. The van der Waals surface area contributed by atoms with Gasteiger partial charge < -0.3 is 9.51 Å². The number of aliphatic carboxylic acids is 1. The van der Waals surface area contributed by atoms with Gasteiger partial charge >= 0.3 is 5.97 Å². The van der Waals surface area contributed by atoms with E-state index in [-0.39, 0.29) is 5.56 Å². The van der Waals surface area contributed by atoms with Gasteiger partial charge in [0.1, 0.15) is 5.65 Å². The molecule has 0 aliphatic carbocycles. The fraction of sp³-hybridized carbons (Fsp3) is 0.273. The van der Waals surface area contributed by atoms with E-state index < -0.39 is 18.3 Å². The van der Waals surface area contributed by atoms with Gasteiger partial charge in [-0.1, -0.05) is 0 Å². The predicted octanol–water partition coefficient (Wildman–Crippen LogP) is 2.46. The maximum absolute atomic E-state index is 12.5. The van der Waals surface area contributed by atoms with Crippen LogP contribution in [0.3, 0.4) is 0 Å². The Morgan fingerprint density at radius 1 is 1.41 bits per heavy atom. The van der Waals surface area contributed by atoms with Gasteiger partial charge in [0.05, 0.1) is 11.6 Å². The largest absolute Gasteiger partial charge is 0.481 e. The van der Waals surface area contributed by atoms with E-state index in [0.29, 0.717) is 11.3 Å². The average Bonchev–Trinajstić information content (AvgIpc) is 2.69. The molecular formula is C11H10F2N2O2. The van der Waals surface area contributed by atoms with Crippen LogP contribution in [0, 0.1) is 0 Å². The van der Waals surface area contributed by atoms with E-state index >= 15 is 0 Å². The summed E-state index contributed by atoms with van der Waals surface area (Å²) >= 11 is 0. The van der Waals surface area contributed by atoms with Gasteiger partial charge in [0.25, 0.3) is 6.43 Å². The fourth-order valence-electron chi connectivity index (χ4n) is 1.49. The minimum absolute atomic E-state index is 0.121. The van der Waals surface area contributed by atoms with E-state index in [1.165, 1.54) is 35.9 Å². The Morgan fingerprint density at radius 3 is 2.71 bits per heavy atom. The van der Waals surface area contributed by atoms with Crippen LogP contribution >= 0.6 is 0 Å². The molecule has 0 aromatic carbocycles. The van der Waals surface area contributed by atoms with E-state index in [1.807, 2.05) is 0 Å². The van der Waals surface area contributed by atoms with E-state index in [9.17, 15) is 13.6 Å². The third-order valence-electron chi connectivity index (χ3n) is 2.56. The highest BCUT2D eigenvalue weighted by Crippen LogP contribution is 2.21. The Hall–Kier alpha value is -1.98. The fourth-order valence-corrected chi connectivity index (χ4v) is 1.49. The molecule has 1 atom stereocenters. The molecule has 4 nitrogen and oxygen atoms in total. The van der Waals surface area contributed by atoms with Gasteiger partial charge in [0.2, 0.25) is 0 Å². The van der Waals surface area contributed by atoms with Crippen molar-refractivity contribution < 1.29 is 18.7 Å². The third-order valence-corrected chi connectivity index (χ3v) is 2.56. The minimum atomic E-state index is -2.55. The molecule has 2 heterocycles. The number of aromatic nitrogens is 2. The molecule has 0 saturated carbocycles. The zero-order valence-corrected chi connectivity index (χ0v) is 8.97. The number of fused-ring (bicyclic) bond motifs is 1. The normalized spacial score (nSPS) is 13.2. The molecule has 2 aromatic rings. The summed E-state index contributed by atoms with van der Waals surface area (Å²) in [6, 6.07) is 2.72. The van der Waals surface area contributed by atoms with Crippen molar-refractivity contribution in [1.29, 1.82) is 0 Å². The van der Waals surface area contributed by atoms with Crippen molar-refractivity contribution in [2.24, 2.45) is 0 Å². The summed E-state index contributed by atoms with van der Waals surface area (Å²) in [5.74, 6) is -1.76. The summed E-state index contributed by atoms with van der Waals surface area (Å²) in [4.78, 5) is 14.9. The molecule has 1 N–H and O–H groups in total. The number of hydrogen-bond donors (Lipinski definition) is 1. The second-order valence-corrected chi connectivity index (χ2v) is 3.75. The molecule has 0 aliphatic rings. The second-order valence-electron chi connectivity index (χ2n) is 3.75. The zero-order chi connectivity index (χ0) is 12.6. The Kier molecular flexibility index (Phi) is 2.79. The van der Waals surface area contributed by atoms with Crippen molar-refractivity contribution in [3.63, 3.8) is 0 Å². The zero-order valence-electron chi connectivity index (χ0n) is 8.97. The highest BCUT2D eigenvalue weighted by molar-refractivity contribution is 5.75. The lowest BCUT2D eigenvalue weighted by Gasteiger charge is -1.99. The molecule has 0 fully saturated rings. The summed E-state index contributed by atoms with van der Waals surface area (Å²) in [6.07, 6.45) is 0.160. The highest BCUT2D eigenvalue weighted by atomic mass is 19.3. The van der Waals surface area contributed by atoms with Crippen LogP contribution in [-0.2, 0) is 4.79 Å². The molecule has 0 aliphatic heterocycles. The van der Waals surface area contributed by atoms with Crippen LogP contribution in [0.5, 0.6) is 0 Å². The Bertz CT molecular complexity index is 566. The molecule has 0 amide bonds. The lowest BCUT2D eigenvalue weighted by molar-refractivity contribution is -0.138. The number of carboxylic acid groups (broad SMARTS) is 1. The van der Waals surface area contributed by atoms with Crippen LogP contribution in [0.4, 0.5) is 8.78 Å². The quantitative estimate of drug-likeness (QED) is 0.896. The van der Waals surface area contributed by atoms with Gasteiger partial charge in [0, 0.05) is 18.0 Å². The van der Waals surface area contributed by atoms with Crippen LogP contribution in [0.2, 0.25) is 0 Å². The number of hydrogen-bond acceptors (Lipinski definition) is 2. The molecule has 90 valence electrons. The van der Waals surface area contributed by atoms with Gasteiger partial charge in [-0.05, 0) is 19.1 Å². The smallest absolute Gasteiger partial charge is 0.312 e.